The van der Waals surface area contributed by atoms with Gasteiger partial charge in [-0.2, -0.15) is 0 Å². The first-order valence-electron chi connectivity index (χ1n) is 10.8. The maximum atomic E-state index is 13.5. The average molecular weight is 458 g/mol. The van der Waals surface area contributed by atoms with E-state index in [1.165, 1.54) is 16.2 Å². The highest BCUT2D eigenvalue weighted by atomic mass is 32.2. The number of pyridine rings is 1. The van der Waals surface area contributed by atoms with E-state index in [4.69, 9.17) is 4.98 Å². The minimum atomic E-state index is -0.125. The van der Waals surface area contributed by atoms with Gasteiger partial charge in [0.05, 0.1) is 5.69 Å². The van der Waals surface area contributed by atoms with Crippen LogP contribution in [-0.4, -0.2) is 23.5 Å². The van der Waals surface area contributed by atoms with Crippen LogP contribution in [0.2, 0.25) is 0 Å². The average Bonchev–Trinajstić information content (AvgIpc) is 3.16. The van der Waals surface area contributed by atoms with Crippen molar-refractivity contribution in [1.82, 2.24) is 23.5 Å². The Morgan fingerprint density at radius 3 is 2.58 bits per heavy atom. The quantitative estimate of drug-likeness (QED) is 0.283. The molecular weight excluding hydrogens is 434 g/mol. The Morgan fingerprint density at radius 2 is 1.79 bits per heavy atom. The standard InChI is InChI=1S/C25H23N5O2S/c1-3-12-30-24(32)23-22(19(15-28(23)2)17-9-5-4-6-10-17)27-25(30)33-16-18-14-21(31)29-13-8-7-11-20(29)26-18/h4-11,13-15H,3,12,16H2,1-2H3. The van der Waals surface area contributed by atoms with Gasteiger partial charge in [-0.1, -0.05) is 55.1 Å². The summed E-state index contributed by atoms with van der Waals surface area (Å²) in [7, 11) is 1.88. The van der Waals surface area contributed by atoms with Gasteiger partial charge >= 0.3 is 0 Å². The second-order valence-electron chi connectivity index (χ2n) is 7.87. The van der Waals surface area contributed by atoms with Crippen LogP contribution in [-0.2, 0) is 19.3 Å². The summed E-state index contributed by atoms with van der Waals surface area (Å²) in [4.78, 5) is 35.5. The Bertz CT molecular complexity index is 1580. The molecule has 5 rings (SSSR count). The molecule has 0 unspecified atom stereocenters. The minimum absolute atomic E-state index is 0.0550. The van der Waals surface area contributed by atoms with Crippen molar-refractivity contribution in [2.75, 3.05) is 0 Å². The SMILES string of the molecule is CCCn1c(SCc2cc(=O)n3ccccc3n2)nc2c(-c3ccccc3)cn(C)c2c1=O. The predicted molar refractivity (Wildman–Crippen MR) is 132 cm³/mol. The number of thioether (sulfide) groups is 1. The fourth-order valence-electron chi connectivity index (χ4n) is 4.03. The minimum Gasteiger partial charge on any atom is -0.344 e. The first-order valence-corrected chi connectivity index (χ1v) is 11.8. The van der Waals surface area contributed by atoms with Crippen LogP contribution in [0, 0.1) is 0 Å². The van der Waals surface area contributed by atoms with Gasteiger partial charge in [0.25, 0.3) is 11.1 Å². The van der Waals surface area contributed by atoms with Gasteiger partial charge < -0.3 is 4.57 Å². The largest absolute Gasteiger partial charge is 0.344 e. The zero-order valence-electron chi connectivity index (χ0n) is 18.4. The lowest BCUT2D eigenvalue weighted by Crippen LogP contribution is -2.24. The van der Waals surface area contributed by atoms with Crippen LogP contribution in [0.5, 0.6) is 0 Å². The van der Waals surface area contributed by atoms with Gasteiger partial charge in [-0.05, 0) is 24.1 Å². The third-order valence-corrected chi connectivity index (χ3v) is 6.56. The molecule has 1 aromatic carbocycles. The number of aryl methyl sites for hydroxylation is 1. The molecule has 33 heavy (non-hydrogen) atoms. The van der Waals surface area contributed by atoms with Crippen molar-refractivity contribution in [3.8, 4) is 11.1 Å². The molecule has 0 radical (unpaired) electrons. The number of nitrogens with zero attached hydrogens (tertiary/aromatic N) is 5. The molecule has 0 aliphatic carbocycles. The van der Waals surface area contributed by atoms with E-state index in [1.807, 2.05) is 67.2 Å². The zero-order chi connectivity index (χ0) is 22.9. The van der Waals surface area contributed by atoms with Gasteiger partial charge in [0.15, 0.2) is 5.16 Å². The van der Waals surface area contributed by atoms with Crippen LogP contribution in [0.3, 0.4) is 0 Å². The summed E-state index contributed by atoms with van der Waals surface area (Å²) in [5.74, 6) is 0.440. The van der Waals surface area contributed by atoms with Gasteiger partial charge in [0, 0.05) is 43.4 Å². The fourth-order valence-corrected chi connectivity index (χ4v) is 4.94. The van der Waals surface area contributed by atoms with Crippen molar-refractivity contribution >= 4 is 28.4 Å². The Kier molecular flexibility index (Phi) is 5.60. The molecule has 0 spiro atoms. The molecule has 0 fully saturated rings. The summed E-state index contributed by atoms with van der Waals surface area (Å²) in [6, 6.07) is 17.0. The number of aromatic nitrogens is 5. The van der Waals surface area contributed by atoms with Gasteiger partial charge in [-0.3, -0.25) is 18.6 Å². The summed E-state index contributed by atoms with van der Waals surface area (Å²) in [5.41, 5.74) is 4.31. The molecule has 0 N–H and O–H groups in total. The second kappa shape index (κ2) is 8.71. The van der Waals surface area contributed by atoms with Gasteiger partial charge in [0.1, 0.15) is 16.7 Å². The smallest absolute Gasteiger partial charge is 0.278 e. The van der Waals surface area contributed by atoms with E-state index < -0.39 is 0 Å². The number of hydrogen-bond acceptors (Lipinski definition) is 5. The van der Waals surface area contributed by atoms with Crippen LogP contribution in [0.25, 0.3) is 27.8 Å². The molecule has 4 heterocycles. The van der Waals surface area contributed by atoms with E-state index in [1.54, 1.807) is 22.9 Å². The maximum Gasteiger partial charge on any atom is 0.278 e. The van der Waals surface area contributed by atoms with Crippen LogP contribution in [0.15, 0.2) is 81.7 Å². The fraction of sp³-hybridized carbons (Fsp3) is 0.200. The Balaban J connectivity index is 1.60. The van der Waals surface area contributed by atoms with E-state index >= 15 is 0 Å². The van der Waals surface area contributed by atoms with Gasteiger partial charge in [-0.25, -0.2) is 9.97 Å². The predicted octanol–water partition coefficient (Wildman–Crippen LogP) is 4.11. The molecule has 166 valence electrons. The molecule has 0 saturated carbocycles. The summed E-state index contributed by atoms with van der Waals surface area (Å²) in [6.07, 6.45) is 4.48. The van der Waals surface area contributed by atoms with Gasteiger partial charge in [-0.15, -0.1) is 0 Å². The summed E-state index contributed by atoms with van der Waals surface area (Å²) >= 11 is 1.43. The van der Waals surface area contributed by atoms with Crippen LogP contribution >= 0.6 is 11.8 Å². The first kappa shape index (κ1) is 21.2. The topological polar surface area (TPSA) is 74.2 Å². The number of hydrogen-bond donors (Lipinski definition) is 0. The van der Waals surface area contributed by atoms with Gasteiger partial charge in [0.2, 0.25) is 0 Å². The van der Waals surface area contributed by atoms with E-state index in [0.29, 0.717) is 39.8 Å². The highest BCUT2D eigenvalue weighted by Crippen LogP contribution is 2.29. The van der Waals surface area contributed by atoms with E-state index in [2.05, 4.69) is 4.98 Å². The van der Waals surface area contributed by atoms with Crippen molar-refractivity contribution in [2.24, 2.45) is 7.05 Å². The maximum absolute atomic E-state index is 13.5. The zero-order valence-corrected chi connectivity index (χ0v) is 19.2. The Hall–Kier alpha value is -3.65. The van der Waals surface area contributed by atoms with Crippen LogP contribution < -0.4 is 11.1 Å². The lowest BCUT2D eigenvalue weighted by molar-refractivity contribution is 0.582. The Labute approximate surface area is 194 Å². The number of fused-ring (bicyclic) bond motifs is 2. The molecule has 7 nitrogen and oxygen atoms in total. The third-order valence-electron chi connectivity index (χ3n) is 5.55. The third kappa shape index (κ3) is 3.87. The molecule has 5 aromatic rings. The summed E-state index contributed by atoms with van der Waals surface area (Å²) in [5, 5.41) is 0.632. The molecule has 0 saturated heterocycles. The molecule has 0 aliphatic heterocycles. The Morgan fingerprint density at radius 1 is 1.00 bits per heavy atom. The van der Waals surface area contributed by atoms with Crippen molar-refractivity contribution in [3.05, 3.63) is 93.4 Å². The molecular formula is C25H23N5O2S. The molecule has 0 atom stereocenters. The highest BCUT2D eigenvalue weighted by molar-refractivity contribution is 7.98. The highest BCUT2D eigenvalue weighted by Gasteiger charge is 2.18. The molecule has 0 amide bonds. The van der Waals surface area contributed by atoms with E-state index in [0.717, 1.165) is 17.5 Å². The molecule has 0 aliphatic rings. The van der Waals surface area contributed by atoms with Crippen LogP contribution in [0.4, 0.5) is 0 Å². The van der Waals surface area contributed by atoms with E-state index in [-0.39, 0.29) is 11.1 Å². The normalized spacial score (nSPS) is 11.5. The lowest BCUT2D eigenvalue weighted by Gasteiger charge is -2.12. The first-order chi connectivity index (χ1) is 16.1. The van der Waals surface area contributed by atoms with Crippen molar-refractivity contribution < 1.29 is 0 Å². The lowest BCUT2D eigenvalue weighted by atomic mass is 10.1. The van der Waals surface area contributed by atoms with Crippen molar-refractivity contribution in [3.63, 3.8) is 0 Å². The molecule has 0 bridgehead atoms. The molecule has 4 aromatic heterocycles. The monoisotopic (exact) mass is 457 g/mol. The van der Waals surface area contributed by atoms with Crippen LogP contribution in [0.1, 0.15) is 19.0 Å². The summed E-state index contributed by atoms with van der Waals surface area (Å²) in [6.45, 7) is 2.61. The summed E-state index contributed by atoms with van der Waals surface area (Å²) < 4.78 is 5.11. The van der Waals surface area contributed by atoms with Crippen molar-refractivity contribution in [1.29, 1.82) is 0 Å². The van der Waals surface area contributed by atoms with E-state index in [9.17, 15) is 9.59 Å². The van der Waals surface area contributed by atoms with Crippen molar-refractivity contribution in [2.45, 2.75) is 30.8 Å². The second-order valence-corrected chi connectivity index (χ2v) is 8.81. The number of benzene rings is 1. The molecule has 8 heteroatoms. The number of rotatable bonds is 6.